The smallest absolute Gasteiger partial charge is 0.255 e. The number of hydrogen-bond acceptors (Lipinski definition) is 4. The van der Waals surface area contributed by atoms with E-state index in [0.29, 0.717) is 18.5 Å². The quantitative estimate of drug-likeness (QED) is 0.906. The molecule has 2 saturated heterocycles. The SMILES string of the molecule is CN1C[C@@H](NC(=O)c2cccnc2N2CCCCC2)CC1=O. The van der Waals surface area contributed by atoms with Gasteiger partial charge in [-0.25, -0.2) is 4.98 Å². The predicted molar refractivity (Wildman–Crippen MR) is 83.8 cm³/mol. The van der Waals surface area contributed by atoms with Gasteiger partial charge in [0.25, 0.3) is 5.91 Å². The Morgan fingerprint density at radius 1 is 1.32 bits per heavy atom. The zero-order valence-corrected chi connectivity index (χ0v) is 12.9. The Morgan fingerprint density at radius 2 is 2.09 bits per heavy atom. The number of rotatable bonds is 3. The molecule has 118 valence electrons. The highest BCUT2D eigenvalue weighted by molar-refractivity contribution is 5.99. The van der Waals surface area contributed by atoms with Crippen molar-refractivity contribution in [3.8, 4) is 0 Å². The second kappa shape index (κ2) is 6.34. The lowest BCUT2D eigenvalue weighted by molar-refractivity contribution is -0.126. The number of amides is 2. The van der Waals surface area contributed by atoms with Gasteiger partial charge in [-0.2, -0.15) is 0 Å². The molecule has 22 heavy (non-hydrogen) atoms. The molecule has 0 spiro atoms. The summed E-state index contributed by atoms with van der Waals surface area (Å²) < 4.78 is 0. The van der Waals surface area contributed by atoms with Crippen LogP contribution in [0.2, 0.25) is 0 Å². The van der Waals surface area contributed by atoms with Crippen LogP contribution < -0.4 is 10.2 Å². The standard InChI is InChI=1S/C16H22N4O2/c1-19-11-12(10-14(19)21)18-16(22)13-6-5-7-17-15(13)20-8-3-2-4-9-20/h5-7,12H,2-4,8-11H2,1H3,(H,18,22)/t12-/m0/s1. The Kier molecular flexibility index (Phi) is 4.27. The number of aromatic nitrogens is 1. The minimum Gasteiger partial charge on any atom is -0.356 e. The first-order valence-corrected chi connectivity index (χ1v) is 7.90. The van der Waals surface area contributed by atoms with Crippen molar-refractivity contribution < 1.29 is 9.59 Å². The van der Waals surface area contributed by atoms with E-state index in [1.54, 1.807) is 24.2 Å². The molecule has 6 nitrogen and oxygen atoms in total. The average Bonchev–Trinajstić information content (AvgIpc) is 2.86. The molecule has 0 aliphatic carbocycles. The van der Waals surface area contributed by atoms with Crippen molar-refractivity contribution in [2.75, 3.05) is 31.6 Å². The zero-order valence-electron chi connectivity index (χ0n) is 12.9. The summed E-state index contributed by atoms with van der Waals surface area (Å²) >= 11 is 0. The van der Waals surface area contributed by atoms with Gasteiger partial charge in [-0.15, -0.1) is 0 Å². The summed E-state index contributed by atoms with van der Waals surface area (Å²) in [4.78, 5) is 32.4. The van der Waals surface area contributed by atoms with Crippen molar-refractivity contribution >= 4 is 17.6 Å². The number of carbonyl (C=O) groups is 2. The van der Waals surface area contributed by atoms with E-state index in [1.165, 1.54) is 6.42 Å². The number of carbonyl (C=O) groups excluding carboxylic acids is 2. The Morgan fingerprint density at radius 3 is 2.77 bits per heavy atom. The van der Waals surface area contributed by atoms with Gasteiger partial charge in [0.15, 0.2) is 0 Å². The highest BCUT2D eigenvalue weighted by Gasteiger charge is 2.29. The molecule has 0 unspecified atom stereocenters. The third kappa shape index (κ3) is 3.05. The number of piperidine rings is 1. The van der Waals surface area contributed by atoms with Crippen molar-refractivity contribution in [2.45, 2.75) is 31.7 Å². The van der Waals surface area contributed by atoms with Crippen LogP contribution in [0.5, 0.6) is 0 Å². The summed E-state index contributed by atoms with van der Waals surface area (Å²) in [6, 6.07) is 3.49. The molecular formula is C16H22N4O2. The fourth-order valence-corrected chi connectivity index (χ4v) is 3.16. The van der Waals surface area contributed by atoms with Crippen LogP contribution in [0, 0.1) is 0 Å². The fourth-order valence-electron chi connectivity index (χ4n) is 3.16. The second-order valence-corrected chi connectivity index (χ2v) is 6.07. The number of pyridine rings is 1. The first-order valence-electron chi connectivity index (χ1n) is 7.90. The van der Waals surface area contributed by atoms with Gasteiger partial charge in [0.2, 0.25) is 5.91 Å². The lowest BCUT2D eigenvalue weighted by Crippen LogP contribution is -2.38. The van der Waals surface area contributed by atoms with E-state index in [0.717, 1.165) is 31.7 Å². The van der Waals surface area contributed by atoms with Crippen molar-refractivity contribution in [2.24, 2.45) is 0 Å². The summed E-state index contributed by atoms with van der Waals surface area (Å²) in [5, 5.41) is 2.97. The zero-order chi connectivity index (χ0) is 15.5. The lowest BCUT2D eigenvalue weighted by atomic mass is 10.1. The van der Waals surface area contributed by atoms with Crippen molar-refractivity contribution in [3.63, 3.8) is 0 Å². The molecule has 2 amide bonds. The van der Waals surface area contributed by atoms with Gasteiger partial charge in [0.1, 0.15) is 5.82 Å². The van der Waals surface area contributed by atoms with Crippen LogP contribution in [-0.4, -0.2) is 54.4 Å². The van der Waals surface area contributed by atoms with E-state index in [4.69, 9.17) is 0 Å². The molecule has 3 heterocycles. The van der Waals surface area contributed by atoms with E-state index in [-0.39, 0.29) is 17.9 Å². The van der Waals surface area contributed by atoms with Crippen molar-refractivity contribution in [3.05, 3.63) is 23.9 Å². The number of nitrogens with one attached hydrogen (secondary N) is 1. The van der Waals surface area contributed by atoms with E-state index in [9.17, 15) is 9.59 Å². The van der Waals surface area contributed by atoms with Crippen LogP contribution >= 0.6 is 0 Å². The van der Waals surface area contributed by atoms with Gasteiger partial charge in [-0.05, 0) is 31.4 Å². The highest BCUT2D eigenvalue weighted by Crippen LogP contribution is 2.22. The summed E-state index contributed by atoms with van der Waals surface area (Å²) in [6.45, 7) is 2.47. The molecule has 1 aromatic rings. The van der Waals surface area contributed by atoms with E-state index in [1.807, 2.05) is 6.07 Å². The molecule has 6 heteroatoms. The molecule has 0 saturated carbocycles. The summed E-state index contributed by atoms with van der Waals surface area (Å²) in [7, 11) is 1.76. The largest absolute Gasteiger partial charge is 0.356 e. The van der Waals surface area contributed by atoms with Crippen LogP contribution in [0.1, 0.15) is 36.0 Å². The topological polar surface area (TPSA) is 65.5 Å². The molecule has 0 bridgehead atoms. The molecule has 0 radical (unpaired) electrons. The Bertz CT molecular complexity index is 569. The van der Waals surface area contributed by atoms with Crippen LogP contribution in [0.4, 0.5) is 5.82 Å². The molecule has 1 aromatic heterocycles. The molecular weight excluding hydrogens is 280 g/mol. The highest BCUT2D eigenvalue weighted by atomic mass is 16.2. The van der Waals surface area contributed by atoms with Crippen LogP contribution in [-0.2, 0) is 4.79 Å². The number of nitrogens with zero attached hydrogens (tertiary/aromatic N) is 3. The van der Waals surface area contributed by atoms with Gasteiger partial charge < -0.3 is 15.1 Å². The molecule has 3 rings (SSSR count). The van der Waals surface area contributed by atoms with Crippen LogP contribution in [0.15, 0.2) is 18.3 Å². The fraction of sp³-hybridized carbons (Fsp3) is 0.562. The summed E-state index contributed by atoms with van der Waals surface area (Å²) in [5.41, 5.74) is 0.603. The van der Waals surface area contributed by atoms with Crippen LogP contribution in [0.25, 0.3) is 0 Å². The van der Waals surface area contributed by atoms with Gasteiger partial charge in [0, 0.05) is 39.3 Å². The number of likely N-dealkylation sites (tertiary alicyclic amines) is 1. The third-order valence-electron chi connectivity index (χ3n) is 4.36. The van der Waals surface area contributed by atoms with Gasteiger partial charge >= 0.3 is 0 Å². The average molecular weight is 302 g/mol. The second-order valence-electron chi connectivity index (χ2n) is 6.07. The normalized spacial score (nSPS) is 22.0. The monoisotopic (exact) mass is 302 g/mol. The predicted octanol–water partition coefficient (Wildman–Crippen LogP) is 1.03. The van der Waals surface area contributed by atoms with Crippen LogP contribution in [0.3, 0.4) is 0 Å². The van der Waals surface area contributed by atoms with Gasteiger partial charge in [-0.1, -0.05) is 0 Å². The molecule has 1 atom stereocenters. The van der Waals surface area contributed by atoms with E-state index >= 15 is 0 Å². The number of anilines is 1. The molecule has 2 aliphatic heterocycles. The number of hydrogen-bond donors (Lipinski definition) is 1. The van der Waals surface area contributed by atoms with Crippen molar-refractivity contribution in [1.82, 2.24) is 15.2 Å². The maximum Gasteiger partial charge on any atom is 0.255 e. The third-order valence-corrected chi connectivity index (χ3v) is 4.36. The van der Waals surface area contributed by atoms with Gasteiger partial charge in [0.05, 0.1) is 11.6 Å². The maximum atomic E-state index is 12.6. The molecule has 0 aromatic carbocycles. The number of likely N-dealkylation sites (N-methyl/N-ethyl adjacent to an activating group) is 1. The Labute approximate surface area is 130 Å². The first kappa shape index (κ1) is 14.8. The maximum absolute atomic E-state index is 12.6. The first-order chi connectivity index (χ1) is 10.6. The van der Waals surface area contributed by atoms with Crippen molar-refractivity contribution in [1.29, 1.82) is 0 Å². The Balaban J connectivity index is 1.73. The summed E-state index contributed by atoms with van der Waals surface area (Å²) in [5.74, 6) is 0.701. The lowest BCUT2D eigenvalue weighted by Gasteiger charge is -2.29. The Hall–Kier alpha value is -2.11. The summed E-state index contributed by atoms with van der Waals surface area (Å²) in [6.07, 6.45) is 5.62. The molecule has 1 N–H and O–H groups in total. The molecule has 2 fully saturated rings. The van der Waals surface area contributed by atoms with E-state index in [2.05, 4.69) is 15.2 Å². The van der Waals surface area contributed by atoms with Gasteiger partial charge in [-0.3, -0.25) is 9.59 Å². The van der Waals surface area contributed by atoms with E-state index < -0.39 is 0 Å². The minimum absolute atomic E-state index is 0.0766. The molecule has 2 aliphatic rings. The minimum atomic E-state index is -0.137.